The zero-order chi connectivity index (χ0) is 14.2. The number of benzene rings is 1. The van der Waals surface area contributed by atoms with Gasteiger partial charge in [-0.05, 0) is 25.1 Å². The van der Waals surface area contributed by atoms with E-state index in [0.29, 0.717) is 6.61 Å². The van der Waals surface area contributed by atoms with Gasteiger partial charge >= 0.3 is 0 Å². The van der Waals surface area contributed by atoms with E-state index in [4.69, 9.17) is 9.47 Å². The molecule has 0 aromatic heterocycles. The van der Waals surface area contributed by atoms with Gasteiger partial charge in [0, 0.05) is 42.8 Å². The molecule has 1 N–H and O–H groups in total. The molecule has 128 valence electrons. The van der Waals surface area contributed by atoms with Gasteiger partial charge in [0.05, 0.1) is 19.8 Å². The van der Waals surface area contributed by atoms with Crippen molar-refractivity contribution >= 4 is 40.7 Å². The lowest BCUT2D eigenvalue weighted by Crippen LogP contribution is -2.40. The maximum absolute atomic E-state index is 5.65. The lowest BCUT2D eigenvalue weighted by molar-refractivity contribution is 0.0384. The van der Waals surface area contributed by atoms with Gasteiger partial charge in [0.15, 0.2) is 0 Å². The highest BCUT2D eigenvalue weighted by molar-refractivity contribution is 9.10. The van der Waals surface area contributed by atoms with Crippen LogP contribution in [0.25, 0.3) is 0 Å². The molecule has 7 heteroatoms. The molecule has 0 spiro atoms. The predicted octanol–water partition coefficient (Wildman–Crippen LogP) is 3.11. The number of morpholine rings is 1. The molecule has 1 aliphatic rings. The normalized spacial score (nSPS) is 14.8. The second-order valence-electron chi connectivity index (χ2n) is 4.82. The monoisotopic (exact) mass is 414 g/mol. The van der Waals surface area contributed by atoms with Gasteiger partial charge in [-0.1, -0.05) is 15.9 Å². The van der Waals surface area contributed by atoms with Crippen LogP contribution in [-0.4, -0.2) is 50.9 Å². The van der Waals surface area contributed by atoms with Crippen molar-refractivity contribution in [3.8, 4) is 5.75 Å². The van der Waals surface area contributed by atoms with Gasteiger partial charge in [0.2, 0.25) is 0 Å². The number of halogens is 3. The molecule has 0 bridgehead atoms. The average molecular weight is 416 g/mol. The first-order valence-electron chi connectivity index (χ1n) is 7.21. The molecule has 1 fully saturated rings. The van der Waals surface area contributed by atoms with Crippen LogP contribution in [0.4, 0.5) is 0 Å². The number of rotatable bonds is 7. The van der Waals surface area contributed by atoms with Gasteiger partial charge in [-0.2, -0.15) is 0 Å². The number of nitrogens with one attached hydrogen (secondary N) is 1. The summed E-state index contributed by atoms with van der Waals surface area (Å²) in [7, 11) is 0. The SMILES string of the molecule is CCOc1ccc(Br)cc1CNCCN1CCOCC1.Cl.Cl. The molecule has 0 radical (unpaired) electrons. The van der Waals surface area contributed by atoms with Crippen molar-refractivity contribution in [2.45, 2.75) is 13.5 Å². The standard InChI is InChI=1S/C15H23BrN2O2.2ClH/c1-2-20-15-4-3-14(16)11-13(15)12-17-5-6-18-7-9-19-10-8-18;;/h3-4,11,17H,2,5-10,12H2,1H3;2*1H. The molecule has 1 aliphatic heterocycles. The molecule has 4 nitrogen and oxygen atoms in total. The quantitative estimate of drug-likeness (QED) is 0.693. The molecule has 1 saturated heterocycles. The Labute approximate surface area is 153 Å². The smallest absolute Gasteiger partial charge is 0.123 e. The van der Waals surface area contributed by atoms with Crippen molar-refractivity contribution in [2.24, 2.45) is 0 Å². The summed E-state index contributed by atoms with van der Waals surface area (Å²) in [5.41, 5.74) is 1.20. The maximum Gasteiger partial charge on any atom is 0.123 e. The average Bonchev–Trinajstić information content (AvgIpc) is 2.47. The van der Waals surface area contributed by atoms with Gasteiger partial charge < -0.3 is 14.8 Å². The van der Waals surface area contributed by atoms with Gasteiger partial charge in [-0.3, -0.25) is 4.90 Å². The van der Waals surface area contributed by atoms with Crippen LogP contribution < -0.4 is 10.1 Å². The molecule has 0 atom stereocenters. The van der Waals surface area contributed by atoms with Crippen molar-refractivity contribution in [1.82, 2.24) is 10.2 Å². The number of ether oxygens (including phenoxy) is 2. The molecular formula is C15H25BrCl2N2O2. The first kappa shape index (κ1) is 22.0. The lowest BCUT2D eigenvalue weighted by Gasteiger charge is -2.26. The van der Waals surface area contributed by atoms with E-state index in [-0.39, 0.29) is 24.8 Å². The largest absolute Gasteiger partial charge is 0.494 e. The summed E-state index contributed by atoms with van der Waals surface area (Å²) in [6, 6.07) is 6.15. The van der Waals surface area contributed by atoms with E-state index in [2.05, 4.69) is 32.2 Å². The molecule has 1 aromatic carbocycles. The summed E-state index contributed by atoms with van der Waals surface area (Å²) in [5, 5.41) is 3.49. The number of hydrogen-bond acceptors (Lipinski definition) is 4. The third-order valence-corrected chi connectivity index (χ3v) is 3.84. The molecule has 1 heterocycles. The summed E-state index contributed by atoms with van der Waals surface area (Å²) in [4.78, 5) is 2.43. The molecule has 0 unspecified atom stereocenters. The second kappa shape index (κ2) is 12.4. The molecule has 22 heavy (non-hydrogen) atoms. The fourth-order valence-corrected chi connectivity index (χ4v) is 2.68. The van der Waals surface area contributed by atoms with Crippen molar-refractivity contribution < 1.29 is 9.47 Å². The Morgan fingerprint density at radius 2 is 2.00 bits per heavy atom. The van der Waals surface area contributed by atoms with E-state index in [1.54, 1.807) is 0 Å². The first-order valence-corrected chi connectivity index (χ1v) is 8.01. The molecule has 1 aromatic rings. The zero-order valence-corrected chi connectivity index (χ0v) is 16.1. The van der Waals surface area contributed by atoms with E-state index in [1.165, 1.54) is 5.56 Å². The van der Waals surface area contributed by atoms with Crippen molar-refractivity contribution in [3.63, 3.8) is 0 Å². The summed E-state index contributed by atoms with van der Waals surface area (Å²) >= 11 is 3.51. The third kappa shape index (κ3) is 7.49. The summed E-state index contributed by atoms with van der Waals surface area (Å²) in [6.45, 7) is 9.41. The zero-order valence-electron chi connectivity index (χ0n) is 12.8. The van der Waals surface area contributed by atoms with E-state index in [1.807, 2.05) is 19.1 Å². The van der Waals surface area contributed by atoms with E-state index in [0.717, 1.165) is 56.2 Å². The van der Waals surface area contributed by atoms with Gasteiger partial charge in [-0.15, -0.1) is 24.8 Å². The van der Waals surface area contributed by atoms with Crippen LogP contribution in [-0.2, 0) is 11.3 Å². The molecule has 0 saturated carbocycles. The van der Waals surface area contributed by atoms with Gasteiger partial charge in [0.25, 0.3) is 0 Å². The van der Waals surface area contributed by atoms with Crippen LogP contribution in [0.1, 0.15) is 12.5 Å². The van der Waals surface area contributed by atoms with Crippen molar-refractivity contribution in [1.29, 1.82) is 0 Å². The Morgan fingerprint density at radius 1 is 1.27 bits per heavy atom. The fourth-order valence-electron chi connectivity index (χ4n) is 2.27. The Morgan fingerprint density at radius 3 is 2.68 bits per heavy atom. The highest BCUT2D eigenvalue weighted by Gasteiger charge is 2.09. The highest BCUT2D eigenvalue weighted by Crippen LogP contribution is 2.23. The molecule has 2 rings (SSSR count). The van der Waals surface area contributed by atoms with Crippen LogP contribution in [0.5, 0.6) is 5.75 Å². The Balaban J connectivity index is 0.00000220. The third-order valence-electron chi connectivity index (χ3n) is 3.35. The minimum absolute atomic E-state index is 0. The topological polar surface area (TPSA) is 33.7 Å². The highest BCUT2D eigenvalue weighted by atomic mass is 79.9. The Bertz CT molecular complexity index is 419. The summed E-state index contributed by atoms with van der Waals surface area (Å²) in [5.74, 6) is 0.967. The molecule has 0 aliphatic carbocycles. The van der Waals surface area contributed by atoms with E-state index < -0.39 is 0 Å². The molecular weight excluding hydrogens is 391 g/mol. The van der Waals surface area contributed by atoms with E-state index >= 15 is 0 Å². The van der Waals surface area contributed by atoms with Crippen LogP contribution >= 0.6 is 40.7 Å². The maximum atomic E-state index is 5.65. The summed E-state index contributed by atoms with van der Waals surface area (Å²) < 4.78 is 12.1. The molecule has 0 amide bonds. The number of hydrogen-bond donors (Lipinski definition) is 1. The minimum atomic E-state index is 0. The van der Waals surface area contributed by atoms with Crippen LogP contribution in [0.3, 0.4) is 0 Å². The van der Waals surface area contributed by atoms with Gasteiger partial charge in [0.1, 0.15) is 5.75 Å². The van der Waals surface area contributed by atoms with Crippen LogP contribution in [0, 0.1) is 0 Å². The summed E-state index contributed by atoms with van der Waals surface area (Å²) in [6.07, 6.45) is 0. The lowest BCUT2D eigenvalue weighted by atomic mass is 10.2. The fraction of sp³-hybridized carbons (Fsp3) is 0.600. The van der Waals surface area contributed by atoms with Crippen LogP contribution in [0.2, 0.25) is 0 Å². The second-order valence-corrected chi connectivity index (χ2v) is 5.73. The van der Waals surface area contributed by atoms with Crippen LogP contribution in [0.15, 0.2) is 22.7 Å². The minimum Gasteiger partial charge on any atom is -0.494 e. The Hall–Kier alpha value is -0.0400. The predicted molar refractivity (Wildman–Crippen MR) is 98.8 cm³/mol. The first-order chi connectivity index (χ1) is 9.79. The Kier molecular flexibility index (Phi) is 12.4. The number of nitrogens with zero attached hydrogens (tertiary/aromatic N) is 1. The van der Waals surface area contributed by atoms with Crippen molar-refractivity contribution in [2.75, 3.05) is 46.0 Å². The van der Waals surface area contributed by atoms with Gasteiger partial charge in [-0.25, -0.2) is 0 Å². The van der Waals surface area contributed by atoms with E-state index in [9.17, 15) is 0 Å². The van der Waals surface area contributed by atoms with Crippen molar-refractivity contribution in [3.05, 3.63) is 28.2 Å².